The fourth-order valence-electron chi connectivity index (χ4n) is 2.55. The van der Waals surface area contributed by atoms with Crippen LogP contribution in [0.5, 0.6) is 0 Å². The minimum Gasteiger partial charge on any atom is -0.444 e. The standard InChI is InChI=1S/C18H15N3O4S2/c22-27(23,11-14-10-24-18(19-14)15-7-4-8-26-15)12-17-20-16(21-25-17)9-13-5-2-1-3-6-13/h1-8,10H,9,11-12H2. The lowest BCUT2D eigenvalue weighted by Crippen LogP contribution is -2.08. The third kappa shape index (κ3) is 4.50. The molecule has 0 amide bonds. The highest BCUT2D eigenvalue weighted by molar-refractivity contribution is 7.89. The molecule has 0 spiro atoms. The first-order valence-electron chi connectivity index (χ1n) is 8.11. The first kappa shape index (κ1) is 17.6. The molecule has 3 aromatic heterocycles. The molecule has 0 unspecified atom stereocenters. The van der Waals surface area contributed by atoms with Gasteiger partial charge in [-0.1, -0.05) is 41.6 Å². The van der Waals surface area contributed by atoms with E-state index in [0.29, 0.717) is 23.8 Å². The van der Waals surface area contributed by atoms with Crippen LogP contribution in [0.25, 0.3) is 10.8 Å². The molecule has 7 nitrogen and oxygen atoms in total. The van der Waals surface area contributed by atoms with E-state index < -0.39 is 9.84 Å². The number of aromatic nitrogens is 3. The molecule has 0 saturated heterocycles. The van der Waals surface area contributed by atoms with Crippen molar-refractivity contribution < 1.29 is 17.4 Å². The van der Waals surface area contributed by atoms with Gasteiger partial charge in [0.15, 0.2) is 15.7 Å². The smallest absolute Gasteiger partial charge is 0.241 e. The van der Waals surface area contributed by atoms with Crippen molar-refractivity contribution in [2.75, 3.05) is 0 Å². The number of hydrogen-bond donors (Lipinski definition) is 0. The summed E-state index contributed by atoms with van der Waals surface area (Å²) in [6, 6.07) is 13.4. The van der Waals surface area contributed by atoms with E-state index in [1.807, 2.05) is 47.8 Å². The Morgan fingerprint density at radius 3 is 2.63 bits per heavy atom. The second-order valence-corrected chi connectivity index (χ2v) is 8.93. The lowest BCUT2D eigenvalue weighted by Gasteiger charge is -1.97. The van der Waals surface area contributed by atoms with Crippen LogP contribution in [0.3, 0.4) is 0 Å². The molecule has 27 heavy (non-hydrogen) atoms. The summed E-state index contributed by atoms with van der Waals surface area (Å²) in [5.74, 6) is 0.350. The molecule has 9 heteroatoms. The van der Waals surface area contributed by atoms with E-state index in [2.05, 4.69) is 15.1 Å². The van der Waals surface area contributed by atoms with Crippen molar-refractivity contribution in [3.63, 3.8) is 0 Å². The Hall–Kier alpha value is -2.78. The molecule has 0 aliphatic heterocycles. The van der Waals surface area contributed by atoms with Gasteiger partial charge in [-0.15, -0.1) is 11.3 Å². The molecule has 0 aliphatic carbocycles. The van der Waals surface area contributed by atoms with Gasteiger partial charge in [0.2, 0.25) is 11.8 Å². The fourth-order valence-corrected chi connectivity index (χ4v) is 4.38. The van der Waals surface area contributed by atoms with Crippen LogP contribution in [0, 0.1) is 0 Å². The molecule has 0 aliphatic rings. The third-order valence-corrected chi connectivity index (χ3v) is 5.99. The minimum atomic E-state index is -3.52. The summed E-state index contributed by atoms with van der Waals surface area (Å²) in [4.78, 5) is 9.27. The summed E-state index contributed by atoms with van der Waals surface area (Å²) >= 11 is 1.47. The van der Waals surface area contributed by atoms with Crippen LogP contribution in [0.2, 0.25) is 0 Å². The Labute approximate surface area is 159 Å². The molecular formula is C18H15N3O4S2. The number of thiophene rings is 1. The van der Waals surface area contributed by atoms with Crippen LogP contribution in [0.4, 0.5) is 0 Å². The van der Waals surface area contributed by atoms with Crippen LogP contribution >= 0.6 is 11.3 Å². The number of benzene rings is 1. The van der Waals surface area contributed by atoms with Crippen LogP contribution in [-0.4, -0.2) is 23.5 Å². The maximum atomic E-state index is 12.4. The zero-order valence-electron chi connectivity index (χ0n) is 14.1. The topological polar surface area (TPSA) is 99.1 Å². The molecule has 0 atom stereocenters. The Balaban J connectivity index is 1.41. The molecule has 0 N–H and O–H groups in total. The number of sulfone groups is 1. The Bertz CT molecular complexity index is 1120. The van der Waals surface area contributed by atoms with Gasteiger partial charge in [-0.25, -0.2) is 13.4 Å². The summed E-state index contributed by atoms with van der Waals surface area (Å²) < 4.78 is 35.3. The highest BCUT2D eigenvalue weighted by Crippen LogP contribution is 2.24. The molecule has 4 rings (SSSR count). The molecule has 0 bridgehead atoms. The third-order valence-electron chi connectivity index (χ3n) is 3.71. The quantitative estimate of drug-likeness (QED) is 0.467. The van der Waals surface area contributed by atoms with Crippen molar-refractivity contribution in [3.05, 3.63) is 77.1 Å². The summed E-state index contributed by atoms with van der Waals surface area (Å²) in [5, 5.41) is 5.76. The average Bonchev–Trinajstić information content (AvgIpc) is 3.37. The normalized spacial score (nSPS) is 11.7. The molecule has 0 fully saturated rings. The predicted molar refractivity (Wildman–Crippen MR) is 99.7 cm³/mol. The molecule has 0 radical (unpaired) electrons. The number of hydrogen-bond acceptors (Lipinski definition) is 8. The van der Waals surface area contributed by atoms with Crippen molar-refractivity contribution in [2.45, 2.75) is 17.9 Å². The SMILES string of the molecule is O=S(=O)(Cc1coc(-c2cccs2)n1)Cc1nc(Cc2ccccc2)no1. The summed E-state index contributed by atoms with van der Waals surface area (Å²) in [5.41, 5.74) is 1.37. The van der Waals surface area contributed by atoms with Gasteiger partial charge in [-0.3, -0.25) is 0 Å². The van der Waals surface area contributed by atoms with Gasteiger partial charge in [0.25, 0.3) is 0 Å². The molecular weight excluding hydrogens is 386 g/mol. The van der Waals surface area contributed by atoms with Gasteiger partial charge in [0, 0.05) is 6.42 Å². The van der Waals surface area contributed by atoms with Gasteiger partial charge < -0.3 is 8.94 Å². The van der Waals surface area contributed by atoms with Crippen LogP contribution in [0.1, 0.15) is 23.0 Å². The molecule has 3 heterocycles. The van der Waals surface area contributed by atoms with Gasteiger partial charge in [-0.05, 0) is 17.0 Å². The van der Waals surface area contributed by atoms with Crippen molar-refractivity contribution in [1.29, 1.82) is 0 Å². The fraction of sp³-hybridized carbons (Fsp3) is 0.167. The Morgan fingerprint density at radius 2 is 1.85 bits per heavy atom. The predicted octanol–water partition coefficient (Wildman–Crippen LogP) is 3.49. The zero-order valence-corrected chi connectivity index (χ0v) is 15.7. The number of oxazole rings is 1. The Morgan fingerprint density at radius 1 is 1.00 bits per heavy atom. The minimum absolute atomic E-state index is 0.0721. The van der Waals surface area contributed by atoms with Gasteiger partial charge in [-0.2, -0.15) is 4.98 Å². The van der Waals surface area contributed by atoms with E-state index in [1.54, 1.807) is 0 Å². The van der Waals surface area contributed by atoms with Gasteiger partial charge in [0.1, 0.15) is 12.0 Å². The highest BCUT2D eigenvalue weighted by Gasteiger charge is 2.20. The van der Waals surface area contributed by atoms with Crippen LogP contribution < -0.4 is 0 Å². The summed E-state index contributed by atoms with van der Waals surface area (Å²) in [6.07, 6.45) is 1.85. The van der Waals surface area contributed by atoms with Crippen molar-refractivity contribution in [3.8, 4) is 10.8 Å². The van der Waals surface area contributed by atoms with E-state index >= 15 is 0 Å². The zero-order chi connectivity index (χ0) is 18.7. The monoisotopic (exact) mass is 401 g/mol. The van der Waals surface area contributed by atoms with Crippen LogP contribution in [0.15, 0.2) is 63.0 Å². The summed E-state index contributed by atoms with van der Waals surface area (Å²) in [7, 11) is -3.52. The lowest BCUT2D eigenvalue weighted by molar-refractivity contribution is 0.383. The van der Waals surface area contributed by atoms with E-state index in [1.165, 1.54) is 17.6 Å². The molecule has 1 aromatic carbocycles. The first-order valence-corrected chi connectivity index (χ1v) is 10.8. The second kappa shape index (κ2) is 7.45. The largest absolute Gasteiger partial charge is 0.444 e. The van der Waals surface area contributed by atoms with Crippen molar-refractivity contribution in [1.82, 2.24) is 15.1 Å². The van der Waals surface area contributed by atoms with E-state index in [4.69, 9.17) is 8.94 Å². The van der Waals surface area contributed by atoms with Gasteiger partial charge >= 0.3 is 0 Å². The molecule has 0 saturated carbocycles. The van der Waals surface area contributed by atoms with E-state index in [9.17, 15) is 8.42 Å². The highest BCUT2D eigenvalue weighted by atomic mass is 32.2. The molecule has 138 valence electrons. The van der Waals surface area contributed by atoms with E-state index in [0.717, 1.165) is 10.4 Å². The Kier molecular flexibility index (Phi) is 4.87. The second-order valence-electron chi connectivity index (χ2n) is 5.92. The maximum Gasteiger partial charge on any atom is 0.241 e. The number of rotatable bonds is 7. The van der Waals surface area contributed by atoms with Crippen molar-refractivity contribution >= 4 is 21.2 Å². The lowest BCUT2D eigenvalue weighted by atomic mass is 10.1. The average molecular weight is 401 g/mol. The van der Waals surface area contributed by atoms with Crippen LogP contribution in [-0.2, 0) is 27.8 Å². The van der Waals surface area contributed by atoms with Crippen molar-refractivity contribution in [2.24, 2.45) is 0 Å². The first-order chi connectivity index (χ1) is 13.1. The summed E-state index contributed by atoms with van der Waals surface area (Å²) in [6.45, 7) is 0. The number of nitrogens with zero attached hydrogens (tertiary/aromatic N) is 3. The molecule has 4 aromatic rings. The van der Waals surface area contributed by atoms with Gasteiger partial charge in [0.05, 0.1) is 16.3 Å². The van der Waals surface area contributed by atoms with E-state index in [-0.39, 0.29) is 17.4 Å². The maximum absolute atomic E-state index is 12.4.